The lowest BCUT2D eigenvalue weighted by Crippen LogP contribution is -2.52. The van der Waals surface area contributed by atoms with Crippen molar-refractivity contribution in [3.8, 4) is 0 Å². The van der Waals surface area contributed by atoms with Gasteiger partial charge in [0.15, 0.2) is 0 Å². The van der Waals surface area contributed by atoms with E-state index >= 15 is 0 Å². The second kappa shape index (κ2) is 6.55. The van der Waals surface area contributed by atoms with Gasteiger partial charge in [0.25, 0.3) is 11.8 Å². The van der Waals surface area contributed by atoms with Gasteiger partial charge in [-0.2, -0.15) is 0 Å². The fourth-order valence-electron chi connectivity index (χ4n) is 3.22. The van der Waals surface area contributed by atoms with Gasteiger partial charge < -0.3 is 9.80 Å². The van der Waals surface area contributed by atoms with Crippen LogP contribution in [0.25, 0.3) is 0 Å². The molecule has 1 fully saturated rings. The first-order valence-electron chi connectivity index (χ1n) is 8.40. The van der Waals surface area contributed by atoms with Gasteiger partial charge >= 0.3 is 0 Å². The maximum atomic E-state index is 12.6. The highest BCUT2D eigenvalue weighted by atomic mass is 16.2. The molecular formula is C18H17N5O3. The Balaban J connectivity index is 1.38. The fraction of sp³-hybridized carbons (Fsp3) is 0.278. The van der Waals surface area contributed by atoms with Crippen molar-refractivity contribution in [3.05, 3.63) is 54.0 Å². The Labute approximate surface area is 150 Å². The molecule has 4 rings (SSSR count). The van der Waals surface area contributed by atoms with Crippen LogP contribution in [0.1, 0.15) is 20.8 Å². The van der Waals surface area contributed by atoms with Gasteiger partial charge in [-0.25, -0.2) is 4.98 Å². The van der Waals surface area contributed by atoms with Crippen LogP contribution in [0.2, 0.25) is 0 Å². The van der Waals surface area contributed by atoms with Crippen LogP contribution in [0.15, 0.2) is 42.7 Å². The number of amides is 3. The highest BCUT2D eigenvalue weighted by molar-refractivity contribution is 6.21. The molecule has 0 saturated carbocycles. The molecule has 2 aromatic heterocycles. The van der Waals surface area contributed by atoms with Gasteiger partial charge in [-0.05, 0) is 24.3 Å². The van der Waals surface area contributed by atoms with E-state index in [0.29, 0.717) is 26.2 Å². The van der Waals surface area contributed by atoms with E-state index in [1.165, 1.54) is 6.20 Å². The van der Waals surface area contributed by atoms with Gasteiger partial charge in [-0.3, -0.25) is 24.3 Å². The minimum atomic E-state index is -0.508. The number of hydrogen-bond donors (Lipinski definition) is 0. The molecule has 1 saturated heterocycles. The van der Waals surface area contributed by atoms with Gasteiger partial charge in [-0.15, -0.1) is 0 Å². The minimum absolute atomic E-state index is 0.116. The quantitative estimate of drug-likeness (QED) is 0.745. The average Bonchev–Trinajstić information content (AvgIpc) is 2.94. The Morgan fingerprint density at radius 2 is 1.69 bits per heavy atom. The topological polar surface area (TPSA) is 86.7 Å². The number of piperazine rings is 1. The second-order valence-electron chi connectivity index (χ2n) is 6.15. The zero-order valence-corrected chi connectivity index (χ0v) is 14.0. The third-order valence-electron chi connectivity index (χ3n) is 4.63. The molecule has 0 spiro atoms. The molecule has 132 valence electrons. The van der Waals surface area contributed by atoms with E-state index in [-0.39, 0.29) is 23.7 Å². The van der Waals surface area contributed by atoms with E-state index in [4.69, 9.17) is 0 Å². The van der Waals surface area contributed by atoms with Crippen molar-refractivity contribution in [3.63, 3.8) is 0 Å². The van der Waals surface area contributed by atoms with E-state index in [1.807, 2.05) is 18.2 Å². The van der Waals surface area contributed by atoms with Crippen LogP contribution in [0.5, 0.6) is 0 Å². The number of anilines is 1. The zero-order valence-electron chi connectivity index (χ0n) is 14.0. The van der Waals surface area contributed by atoms with Gasteiger partial charge in [0, 0.05) is 38.6 Å². The summed E-state index contributed by atoms with van der Waals surface area (Å²) in [6.45, 7) is 2.12. The van der Waals surface area contributed by atoms with Crippen LogP contribution in [-0.2, 0) is 4.79 Å². The van der Waals surface area contributed by atoms with E-state index < -0.39 is 11.8 Å². The van der Waals surface area contributed by atoms with Crippen molar-refractivity contribution >= 4 is 23.5 Å². The summed E-state index contributed by atoms with van der Waals surface area (Å²) < 4.78 is 0. The number of imide groups is 1. The summed E-state index contributed by atoms with van der Waals surface area (Å²) in [6.07, 6.45) is 3.20. The number of carbonyl (C=O) groups is 3. The van der Waals surface area contributed by atoms with Crippen molar-refractivity contribution in [2.45, 2.75) is 0 Å². The number of nitrogens with zero attached hydrogens (tertiary/aromatic N) is 5. The third-order valence-corrected chi connectivity index (χ3v) is 4.63. The predicted octanol–water partition coefficient (Wildman–Crippen LogP) is 0.421. The Bertz CT molecular complexity index is 827. The molecule has 3 amide bonds. The summed E-state index contributed by atoms with van der Waals surface area (Å²) in [5.41, 5.74) is 0.371. The summed E-state index contributed by atoms with van der Waals surface area (Å²) in [5, 5.41) is 0. The Morgan fingerprint density at radius 1 is 0.923 bits per heavy atom. The normalized spacial score (nSPS) is 16.8. The largest absolute Gasteiger partial charge is 0.353 e. The van der Waals surface area contributed by atoms with E-state index in [1.54, 1.807) is 23.2 Å². The molecule has 0 atom stereocenters. The standard InChI is InChI=1S/C18H17N5O3/c24-15(12-23-17(25)13-4-3-7-20-16(13)18(23)26)22-10-8-21(9-11-22)14-5-1-2-6-19-14/h1-7H,8-12H2. The van der Waals surface area contributed by atoms with Crippen molar-refractivity contribution in [2.24, 2.45) is 0 Å². The van der Waals surface area contributed by atoms with Crippen LogP contribution in [0.4, 0.5) is 5.82 Å². The molecule has 0 bridgehead atoms. The lowest BCUT2D eigenvalue weighted by molar-refractivity contribution is -0.131. The molecule has 0 unspecified atom stereocenters. The summed E-state index contributed by atoms with van der Waals surface area (Å²) in [4.78, 5) is 50.3. The number of carbonyl (C=O) groups excluding carboxylic acids is 3. The molecule has 26 heavy (non-hydrogen) atoms. The molecule has 0 aromatic carbocycles. The average molecular weight is 351 g/mol. The number of rotatable bonds is 3. The minimum Gasteiger partial charge on any atom is -0.353 e. The highest BCUT2D eigenvalue weighted by Gasteiger charge is 2.38. The SMILES string of the molecule is O=C(CN1C(=O)c2cccnc2C1=O)N1CCN(c2ccccn2)CC1. The maximum absolute atomic E-state index is 12.6. The van der Waals surface area contributed by atoms with Gasteiger partial charge in [0.1, 0.15) is 18.1 Å². The number of hydrogen-bond acceptors (Lipinski definition) is 6. The molecule has 0 aliphatic carbocycles. The first-order valence-corrected chi connectivity index (χ1v) is 8.40. The maximum Gasteiger partial charge on any atom is 0.280 e. The van der Waals surface area contributed by atoms with E-state index in [9.17, 15) is 14.4 Å². The third kappa shape index (κ3) is 2.79. The Hall–Kier alpha value is -3.29. The first-order chi connectivity index (χ1) is 12.6. The molecule has 0 N–H and O–H groups in total. The van der Waals surface area contributed by atoms with E-state index in [2.05, 4.69) is 14.9 Å². The smallest absolute Gasteiger partial charge is 0.280 e. The summed E-state index contributed by atoms with van der Waals surface area (Å²) >= 11 is 0. The Morgan fingerprint density at radius 3 is 2.38 bits per heavy atom. The highest BCUT2D eigenvalue weighted by Crippen LogP contribution is 2.20. The van der Waals surface area contributed by atoms with Crippen LogP contribution in [0.3, 0.4) is 0 Å². The van der Waals surface area contributed by atoms with Crippen LogP contribution in [0, 0.1) is 0 Å². The van der Waals surface area contributed by atoms with Gasteiger partial charge in [0.2, 0.25) is 5.91 Å². The van der Waals surface area contributed by atoms with Crippen LogP contribution < -0.4 is 4.90 Å². The summed E-state index contributed by atoms with van der Waals surface area (Å²) in [7, 11) is 0. The predicted molar refractivity (Wildman–Crippen MR) is 92.6 cm³/mol. The number of aromatic nitrogens is 2. The van der Waals surface area contributed by atoms with Gasteiger partial charge in [-0.1, -0.05) is 6.07 Å². The zero-order chi connectivity index (χ0) is 18.1. The summed E-state index contributed by atoms with van der Waals surface area (Å²) in [6, 6.07) is 8.88. The van der Waals surface area contributed by atoms with Gasteiger partial charge in [0.05, 0.1) is 5.56 Å². The molecule has 2 aromatic rings. The molecule has 8 heteroatoms. The molecule has 4 heterocycles. The number of fused-ring (bicyclic) bond motifs is 1. The van der Waals surface area contributed by atoms with Crippen LogP contribution >= 0.6 is 0 Å². The molecule has 2 aliphatic heterocycles. The van der Waals surface area contributed by atoms with Crippen molar-refractivity contribution in [1.82, 2.24) is 19.8 Å². The lowest BCUT2D eigenvalue weighted by Gasteiger charge is -2.35. The summed E-state index contributed by atoms with van der Waals surface area (Å²) in [5.74, 6) is -0.323. The molecule has 8 nitrogen and oxygen atoms in total. The molecule has 2 aliphatic rings. The van der Waals surface area contributed by atoms with Crippen molar-refractivity contribution in [1.29, 1.82) is 0 Å². The monoisotopic (exact) mass is 351 g/mol. The van der Waals surface area contributed by atoms with Crippen LogP contribution in [-0.4, -0.2) is 70.2 Å². The fourth-order valence-corrected chi connectivity index (χ4v) is 3.22. The molecular weight excluding hydrogens is 334 g/mol. The lowest BCUT2D eigenvalue weighted by atomic mass is 10.2. The molecule has 0 radical (unpaired) electrons. The number of pyridine rings is 2. The van der Waals surface area contributed by atoms with Crippen molar-refractivity contribution in [2.75, 3.05) is 37.6 Å². The second-order valence-corrected chi connectivity index (χ2v) is 6.15. The Kier molecular flexibility index (Phi) is 4.08. The van der Waals surface area contributed by atoms with Crippen molar-refractivity contribution < 1.29 is 14.4 Å². The first kappa shape index (κ1) is 16.2. The van der Waals surface area contributed by atoms with E-state index in [0.717, 1.165) is 10.7 Å².